The summed E-state index contributed by atoms with van der Waals surface area (Å²) in [6.45, 7) is 1.97. The summed E-state index contributed by atoms with van der Waals surface area (Å²) in [5.74, 6) is 1.23. The van der Waals surface area contributed by atoms with Gasteiger partial charge < -0.3 is 0 Å². The number of fused-ring (bicyclic) bond motifs is 1. The Hall–Kier alpha value is -5.11. The third kappa shape index (κ3) is 7.89. The summed E-state index contributed by atoms with van der Waals surface area (Å²) in [5, 5.41) is 28.9. The molecule has 0 spiro atoms. The van der Waals surface area contributed by atoms with Crippen molar-refractivity contribution >= 4 is 23.5 Å². The van der Waals surface area contributed by atoms with Gasteiger partial charge in [-0.1, -0.05) is 0 Å². The average molecular weight is 786 g/mol. The molecule has 0 radical (unpaired) electrons. The van der Waals surface area contributed by atoms with Gasteiger partial charge in [0, 0.05) is 0 Å². The monoisotopic (exact) mass is 785 g/mol. The first kappa shape index (κ1) is 35.9. The van der Waals surface area contributed by atoms with Gasteiger partial charge in [0.15, 0.2) is 0 Å². The van der Waals surface area contributed by atoms with Crippen molar-refractivity contribution in [2.24, 2.45) is 0 Å². The summed E-state index contributed by atoms with van der Waals surface area (Å²) in [6, 6.07) is 51.5. The van der Waals surface area contributed by atoms with E-state index in [1.54, 1.807) is 0 Å². The van der Waals surface area contributed by atoms with E-state index in [2.05, 4.69) is 15.0 Å². The van der Waals surface area contributed by atoms with Crippen molar-refractivity contribution in [2.45, 2.75) is 24.3 Å². The van der Waals surface area contributed by atoms with Gasteiger partial charge in [-0.3, -0.25) is 0 Å². The molecule has 54 heavy (non-hydrogen) atoms. The molecule has 2 heterocycles. The number of benzene rings is 6. The molecule has 8 rings (SSSR count). The van der Waals surface area contributed by atoms with Crippen LogP contribution in [0.3, 0.4) is 0 Å². The van der Waals surface area contributed by atoms with Crippen molar-refractivity contribution in [1.29, 1.82) is 0 Å². The van der Waals surface area contributed by atoms with Crippen LogP contribution in [0.4, 0.5) is 0 Å². The standard InChI is InChI=1S/C40H42N3O8P3/c1-30-41-52(47-34-19-9-3-10-20-34)39(40(52)46-33-17-7-2-8-18-33)42-54(50-36-23-13-5-14-24-36,51-37-25-15-6-16-26-37)43-53(30,48-35-21-11-4-12-22-35)49-38-28-31(44)27-32(45)29-38/h2-30,39-45,52-54H,1H3. The van der Waals surface area contributed by atoms with Gasteiger partial charge in [0.05, 0.1) is 0 Å². The second kappa shape index (κ2) is 15.3. The van der Waals surface area contributed by atoms with Crippen molar-refractivity contribution in [3.05, 3.63) is 170 Å². The van der Waals surface area contributed by atoms with Gasteiger partial charge in [0.1, 0.15) is 0 Å². The zero-order valence-electron chi connectivity index (χ0n) is 29.2. The van der Waals surface area contributed by atoms with Gasteiger partial charge in [-0.2, -0.15) is 0 Å². The molecule has 280 valence electrons. The van der Waals surface area contributed by atoms with E-state index in [0.717, 1.165) is 0 Å². The Bertz CT molecular complexity index is 2090. The predicted octanol–water partition coefficient (Wildman–Crippen LogP) is 9.15. The van der Waals surface area contributed by atoms with Crippen LogP contribution in [0.25, 0.3) is 0 Å². The Morgan fingerprint density at radius 1 is 0.463 bits per heavy atom. The van der Waals surface area contributed by atoms with Crippen molar-refractivity contribution in [2.75, 3.05) is 0 Å². The van der Waals surface area contributed by atoms with Crippen LogP contribution in [-0.2, 0) is 0 Å². The van der Waals surface area contributed by atoms with Gasteiger partial charge in [0.25, 0.3) is 0 Å². The number of aromatic hydroxyl groups is 2. The number of rotatable bonds is 12. The van der Waals surface area contributed by atoms with E-state index in [-0.39, 0.29) is 17.2 Å². The third-order valence-corrected chi connectivity index (χ3v) is 20.1. The molecule has 0 aromatic heterocycles. The summed E-state index contributed by atoms with van der Waals surface area (Å²) in [4.78, 5) is 3.75. The molecule has 2 saturated heterocycles. The molecule has 14 heteroatoms. The Morgan fingerprint density at radius 3 is 1.35 bits per heavy atom. The fraction of sp³-hybridized carbons (Fsp3) is 0.100. The van der Waals surface area contributed by atoms with Crippen molar-refractivity contribution in [3.8, 4) is 46.0 Å². The summed E-state index contributed by atoms with van der Waals surface area (Å²) >= 11 is 0. The van der Waals surface area contributed by atoms with E-state index < -0.39 is 40.9 Å². The van der Waals surface area contributed by atoms with Gasteiger partial charge in [-0.15, -0.1) is 0 Å². The summed E-state index contributed by atoms with van der Waals surface area (Å²) in [7, 11) is -11.5. The fourth-order valence-electron chi connectivity index (χ4n) is 6.49. The first-order valence-electron chi connectivity index (χ1n) is 17.6. The molecule has 2 aliphatic heterocycles. The average Bonchev–Trinajstić information content (AvgIpc) is 3.72. The maximum atomic E-state index is 10.6. The Balaban J connectivity index is 1.34. The van der Waals surface area contributed by atoms with Crippen LogP contribution < -0.4 is 42.4 Å². The number of phenolic OH excluding ortho intramolecular Hbond substituents is 2. The molecule has 6 aromatic rings. The van der Waals surface area contributed by atoms with Crippen molar-refractivity contribution in [1.82, 2.24) is 15.0 Å². The minimum atomic E-state index is -4.08. The third-order valence-electron chi connectivity index (χ3n) is 8.98. The molecule has 3 unspecified atom stereocenters. The van der Waals surface area contributed by atoms with E-state index in [1.807, 2.05) is 159 Å². The second-order valence-corrected chi connectivity index (χ2v) is 21.8. The molecule has 6 aromatic carbocycles. The summed E-state index contributed by atoms with van der Waals surface area (Å²) in [6.07, 6.45) is 0. The van der Waals surface area contributed by atoms with Crippen LogP contribution in [0, 0.1) is 0 Å². The van der Waals surface area contributed by atoms with Crippen molar-refractivity contribution < 1.29 is 37.6 Å². The molecule has 0 aliphatic carbocycles. The number of nitrogens with one attached hydrogen (secondary N) is 3. The van der Waals surface area contributed by atoms with E-state index in [1.165, 1.54) is 18.2 Å². The molecular weight excluding hydrogens is 743 g/mol. The Morgan fingerprint density at radius 2 is 0.870 bits per heavy atom. The van der Waals surface area contributed by atoms with E-state index in [9.17, 15) is 10.2 Å². The normalized spacial score (nSPS) is 22.3. The SMILES string of the molecule is CC1N[PH]2(Oc3ccccc3)C(N[PH](Oc3ccccc3)(Oc3ccccc3)N[PH]1(Oc1ccccc1)Oc1cc(O)cc(O)c1)C2Oc1ccccc1. The van der Waals surface area contributed by atoms with Crippen LogP contribution in [0.15, 0.2) is 170 Å². The maximum absolute atomic E-state index is 10.6. The summed E-state index contributed by atoms with van der Waals surface area (Å²) < 4.78 is 42.0. The zero-order valence-corrected chi connectivity index (χ0v) is 32.2. The van der Waals surface area contributed by atoms with Crippen LogP contribution in [-0.4, -0.2) is 27.6 Å². The van der Waals surface area contributed by atoms with Gasteiger partial charge in [-0.25, -0.2) is 0 Å². The number of phenols is 2. The molecule has 5 N–H and O–H groups in total. The van der Waals surface area contributed by atoms with Crippen molar-refractivity contribution in [3.63, 3.8) is 0 Å². The molecule has 0 bridgehead atoms. The topological polar surface area (TPSA) is 132 Å². The Labute approximate surface area is 315 Å². The minimum absolute atomic E-state index is 0.170. The van der Waals surface area contributed by atoms with E-state index >= 15 is 0 Å². The van der Waals surface area contributed by atoms with E-state index in [4.69, 9.17) is 27.4 Å². The zero-order chi connectivity index (χ0) is 37.0. The molecule has 2 aliphatic rings. The number of hydrogen-bond acceptors (Lipinski definition) is 11. The van der Waals surface area contributed by atoms with Crippen LogP contribution in [0.5, 0.6) is 46.0 Å². The summed E-state index contributed by atoms with van der Waals surface area (Å²) in [5.41, 5.74) is 0. The molecule has 0 saturated carbocycles. The predicted molar refractivity (Wildman–Crippen MR) is 217 cm³/mol. The molecule has 0 amide bonds. The number of hydrogen-bond donors (Lipinski definition) is 5. The van der Waals surface area contributed by atoms with E-state index in [0.29, 0.717) is 28.7 Å². The van der Waals surface area contributed by atoms with Crippen LogP contribution >= 0.6 is 23.5 Å². The Kier molecular flexibility index (Phi) is 10.2. The van der Waals surface area contributed by atoms with Crippen LogP contribution in [0.1, 0.15) is 6.92 Å². The first-order chi connectivity index (χ1) is 26.3. The first-order valence-corrected chi connectivity index (χ1v) is 23.3. The fourth-order valence-corrected chi connectivity index (χ4v) is 19.8. The molecule has 3 atom stereocenters. The van der Waals surface area contributed by atoms with Crippen LogP contribution in [0.2, 0.25) is 0 Å². The molecule has 2 fully saturated rings. The van der Waals surface area contributed by atoms with Gasteiger partial charge >= 0.3 is 316 Å². The van der Waals surface area contributed by atoms with Gasteiger partial charge in [-0.05, 0) is 0 Å². The second-order valence-electron chi connectivity index (χ2n) is 13.0. The number of ether oxygens (including phenoxy) is 1. The number of para-hydroxylation sites is 5. The molecule has 11 nitrogen and oxygen atoms in total. The quantitative estimate of drug-likeness (QED) is 0.0762. The van der Waals surface area contributed by atoms with Gasteiger partial charge in [0.2, 0.25) is 0 Å². The molecular formula is C40H42N3O8P3.